The van der Waals surface area contributed by atoms with Gasteiger partial charge in [0, 0.05) is 24.2 Å². The fraction of sp³-hybridized carbons (Fsp3) is 0.429. The van der Waals surface area contributed by atoms with Crippen LogP contribution < -0.4 is 5.01 Å². The molecule has 0 bridgehead atoms. The van der Waals surface area contributed by atoms with Crippen LogP contribution in [0.3, 0.4) is 0 Å². The molecule has 2 aromatic rings. The van der Waals surface area contributed by atoms with E-state index in [4.69, 9.17) is 0 Å². The van der Waals surface area contributed by atoms with Crippen LogP contribution in [0.2, 0.25) is 0 Å². The minimum Gasteiger partial charge on any atom is -0.330 e. The summed E-state index contributed by atoms with van der Waals surface area (Å²) in [5.74, 6) is -0.0675. The minimum absolute atomic E-state index is 0.00917. The summed E-state index contributed by atoms with van der Waals surface area (Å²) in [6, 6.07) is 9.12. The predicted molar refractivity (Wildman–Crippen MR) is 107 cm³/mol. The van der Waals surface area contributed by atoms with Crippen molar-refractivity contribution in [3.8, 4) is 0 Å². The number of H-pyrrole nitrogens is 1. The maximum absolute atomic E-state index is 13.3. The third kappa shape index (κ3) is 3.10. The van der Waals surface area contributed by atoms with Crippen LogP contribution in [0.25, 0.3) is 0 Å². The van der Waals surface area contributed by atoms with Gasteiger partial charge in [0.25, 0.3) is 5.91 Å². The highest BCUT2D eigenvalue weighted by Crippen LogP contribution is 2.36. The number of nitrogens with zero attached hydrogens (tertiary/aromatic N) is 4. The quantitative estimate of drug-likeness (QED) is 0.886. The number of amides is 1. The lowest BCUT2D eigenvalue weighted by molar-refractivity contribution is -0.125. The van der Waals surface area contributed by atoms with Gasteiger partial charge in [-0.25, -0.2) is 0 Å². The lowest BCUT2D eigenvalue weighted by atomic mass is 10.0. The first-order chi connectivity index (χ1) is 13.5. The second kappa shape index (κ2) is 7.22. The summed E-state index contributed by atoms with van der Waals surface area (Å²) < 4.78 is 0. The van der Waals surface area contributed by atoms with Crippen molar-refractivity contribution in [3.63, 3.8) is 0 Å². The van der Waals surface area contributed by atoms with E-state index in [1.54, 1.807) is 11.9 Å². The van der Waals surface area contributed by atoms with E-state index in [1.807, 2.05) is 49.1 Å². The van der Waals surface area contributed by atoms with E-state index in [-0.39, 0.29) is 17.7 Å². The molecule has 146 valence electrons. The molecule has 7 nitrogen and oxygen atoms in total. The summed E-state index contributed by atoms with van der Waals surface area (Å²) in [7, 11) is 0. The Balaban J connectivity index is 1.63. The topological polar surface area (TPSA) is 81.7 Å². The molecule has 0 radical (unpaired) electrons. The zero-order chi connectivity index (χ0) is 19.8. The summed E-state index contributed by atoms with van der Waals surface area (Å²) in [6.45, 7) is 6.21. The van der Waals surface area contributed by atoms with E-state index in [0.29, 0.717) is 18.7 Å². The average molecular weight is 379 g/mol. The van der Waals surface area contributed by atoms with Crippen molar-refractivity contribution < 1.29 is 9.59 Å². The highest BCUT2D eigenvalue weighted by molar-refractivity contribution is 6.40. The van der Waals surface area contributed by atoms with Crippen LogP contribution in [-0.2, 0) is 9.59 Å². The first-order valence-corrected chi connectivity index (χ1v) is 9.72. The van der Waals surface area contributed by atoms with E-state index in [0.717, 1.165) is 35.5 Å². The number of hydrogen-bond acceptors (Lipinski definition) is 5. The van der Waals surface area contributed by atoms with Crippen molar-refractivity contribution in [1.82, 2.24) is 15.1 Å². The van der Waals surface area contributed by atoms with Gasteiger partial charge >= 0.3 is 0 Å². The van der Waals surface area contributed by atoms with Crippen molar-refractivity contribution in [3.05, 3.63) is 47.3 Å². The van der Waals surface area contributed by atoms with Crippen molar-refractivity contribution >= 4 is 23.1 Å². The maximum Gasteiger partial charge on any atom is 0.270 e. The smallest absolute Gasteiger partial charge is 0.270 e. The Labute approximate surface area is 164 Å². The Morgan fingerprint density at radius 2 is 1.93 bits per heavy atom. The summed E-state index contributed by atoms with van der Waals surface area (Å²) in [6.07, 6.45) is 2.21. The Morgan fingerprint density at radius 3 is 2.57 bits per heavy atom. The van der Waals surface area contributed by atoms with E-state index in [2.05, 4.69) is 15.3 Å². The van der Waals surface area contributed by atoms with E-state index < -0.39 is 6.04 Å². The predicted octanol–water partition coefficient (Wildman–Crippen LogP) is 2.91. The molecule has 3 heterocycles. The number of likely N-dealkylation sites (tertiary alicyclic amines) is 1. The van der Waals surface area contributed by atoms with E-state index in [9.17, 15) is 9.59 Å². The van der Waals surface area contributed by atoms with Crippen molar-refractivity contribution in [2.24, 2.45) is 5.10 Å². The van der Waals surface area contributed by atoms with Gasteiger partial charge in [-0.1, -0.05) is 18.2 Å². The van der Waals surface area contributed by atoms with Gasteiger partial charge in [-0.05, 0) is 45.7 Å². The summed E-state index contributed by atoms with van der Waals surface area (Å²) >= 11 is 0. The molecule has 1 saturated heterocycles. The molecule has 1 amide bonds. The normalized spacial score (nSPS) is 21.9. The molecule has 7 heteroatoms. The average Bonchev–Trinajstić information content (AvgIpc) is 3.40. The van der Waals surface area contributed by atoms with Gasteiger partial charge in [-0.15, -0.1) is 0 Å². The number of hydrazone groups is 1. The van der Waals surface area contributed by atoms with Gasteiger partial charge in [-0.2, -0.15) is 10.2 Å². The first kappa shape index (κ1) is 18.4. The fourth-order valence-electron chi connectivity index (χ4n) is 4.30. The van der Waals surface area contributed by atoms with Crippen molar-refractivity contribution in [2.75, 3.05) is 11.6 Å². The number of carbonyl (C=O) groups excluding carboxylic acids is 2. The number of aryl methyl sites for hydroxylation is 2. The molecule has 2 atom stereocenters. The third-order valence-corrected chi connectivity index (χ3v) is 5.68. The molecule has 4 rings (SSSR count). The number of rotatable bonds is 4. The standard InChI is InChI=1S/C21H25N5O2/c1-13-20(14(2)23-22-13)18-10-7-11-25(18)21(28)17-12-19(15(3)27)26(24-17)16-8-5-4-6-9-16/h4-6,8-9,18-19H,7,10-12H2,1-3H3,(H,22,23)/t18-,19-/m1/s1. The number of benzene rings is 1. The SMILES string of the molecule is CC(=O)[C@H]1CC(C(=O)N2CCC[C@@H]2c2c(C)n[nH]c2C)=NN1c1ccccc1. The molecule has 2 aliphatic heterocycles. The van der Waals surface area contributed by atoms with Gasteiger partial charge in [0.1, 0.15) is 11.8 Å². The number of carbonyl (C=O) groups is 2. The molecule has 1 aromatic heterocycles. The van der Waals surface area contributed by atoms with E-state index in [1.165, 1.54) is 0 Å². The summed E-state index contributed by atoms with van der Waals surface area (Å²) in [4.78, 5) is 27.5. The molecule has 0 unspecified atom stereocenters. The van der Waals surface area contributed by atoms with Crippen LogP contribution in [0, 0.1) is 13.8 Å². The second-order valence-corrected chi connectivity index (χ2v) is 7.56. The van der Waals surface area contributed by atoms with Crippen molar-refractivity contribution in [2.45, 2.75) is 52.1 Å². The number of ketones is 1. The molecule has 2 aliphatic rings. The highest BCUT2D eigenvalue weighted by Gasteiger charge is 2.40. The second-order valence-electron chi connectivity index (χ2n) is 7.56. The Morgan fingerprint density at radius 1 is 1.18 bits per heavy atom. The number of aromatic amines is 1. The molecule has 28 heavy (non-hydrogen) atoms. The van der Waals surface area contributed by atoms with Crippen LogP contribution in [-0.4, -0.2) is 45.1 Å². The molecule has 0 aliphatic carbocycles. The van der Waals surface area contributed by atoms with Gasteiger partial charge in [-0.3, -0.25) is 19.7 Å². The zero-order valence-electron chi connectivity index (χ0n) is 16.5. The largest absolute Gasteiger partial charge is 0.330 e. The van der Waals surface area contributed by atoms with Crippen molar-refractivity contribution in [1.29, 1.82) is 0 Å². The van der Waals surface area contributed by atoms with E-state index >= 15 is 0 Å². The number of hydrogen-bond donors (Lipinski definition) is 1. The van der Waals surface area contributed by atoms with Gasteiger partial charge in [0.15, 0.2) is 5.78 Å². The number of para-hydroxylation sites is 1. The van der Waals surface area contributed by atoms with Gasteiger partial charge in [0.2, 0.25) is 0 Å². The molecular formula is C21H25N5O2. The van der Waals surface area contributed by atoms with Gasteiger partial charge < -0.3 is 4.90 Å². The fourth-order valence-corrected chi connectivity index (χ4v) is 4.30. The minimum atomic E-state index is -0.431. The lowest BCUT2D eigenvalue weighted by Crippen LogP contribution is -2.37. The van der Waals surface area contributed by atoms with Crippen LogP contribution in [0.15, 0.2) is 35.4 Å². The Kier molecular flexibility index (Phi) is 4.75. The van der Waals surface area contributed by atoms with Crippen LogP contribution in [0.1, 0.15) is 49.2 Å². The van der Waals surface area contributed by atoms with Crippen LogP contribution >= 0.6 is 0 Å². The molecular weight excluding hydrogens is 354 g/mol. The molecule has 0 saturated carbocycles. The Hall–Kier alpha value is -2.96. The molecule has 1 aromatic carbocycles. The summed E-state index contributed by atoms with van der Waals surface area (Å²) in [5.41, 5.74) is 4.32. The maximum atomic E-state index is 13.3. The van der Waals surface area contributed by atoms with Crippen LogP contribution in [0.4, 0.5) is 5.69 Å². The Bertz CT molecular complexity index is 914. The molecule has 1 fully saturated rings. The molecule has 0 spiro atoms. The van der Waals surface area contributed by atoms with Gasteiger partial charge in [0.05, 0.1) is 17.4 Å². The number of aromatic nitrogens is 2. The lowest BCUT2D eigenvalue weighted by Gasteiger charge is -2.25. The zero-order valence-corrected chi connectivity index (χ0v) is 16.5. The highest BCUT2D eigenvalue weighted by atomic mass is 16.2. The first-order valence-electron chi connectivity index (χ1n) is 9.72. The third-order valence-electron chi connectivity index (χ3n) is 5.68. The van der Waals surface area contributed by atoms with Crippen LogP contribution in [0.5, 0.6) is 0 Å². The summed E-state index contributed by atoms with van der Waals surface area (Å²) in [5, 5.41) is 13.6. The number of Topliss-reactive ketones (excluding diaryl/α,β-unsaturated/α-hetero) is 1. The number of anilines is 1. The molecule has 1 N–H and O–H groups in total. The number of nitrogens with one attached hydrogen (secondary N) is 1. The monoisotopic (exact) mass is 379 g/mol.